The van der Waals surface area contributed by atoms with E-state index in [2.05, 4.69) is 4.98 Å². The van der Waals surface area contributed by atoms with Gasteiger partial charge in [-0.2, -0.15) is 9.57 Å². The summed E-state index contributed by atoms with van der Waals surface area (Å²) in [6.45, 7) is 0.414. The molecule has 0 bridgehead atoms. The Bertz CT molecular complexity index is 835. The normalized spacial score (nSPS) is 11.4. The second-order valence-corrected chi connectivity index (χ2v) is 6.88. The van der Waals surface area contributed by atoms with E-state index in [0.717, 1.165) is 18.2 Å². The quantitative estimate of drug-likeness (QED) is 0.763. The maximum absolute atomic E-state index is 13.4. The maximum Gasteiger partial charge on any atom is 0.243 e. The summed E-state index contributed by atoms with van der Waals surface area (Å²) in [6, 6.07) is 8.27. The van der Waals surface area contributed by atoms with E-state index in [-0.39, 0.29) is 30.2 Å². The van der Waals surface area contributed by atoms with Crippen LogP contribution in [0.4, 0.5) is 4.39 Å². The fraction of sp³-hybridized carbons (Fsp3) is 0.250. The molecule has 24 heavy (non-hydrogen) atoms. The lowest BCUT2D eigenvalue weighted by Gasteiger charge is -2.22. The number of hydrogen-bond donors (Lipinski definition) is 0. The Morgan fingerprint density at radius 1 is 1.38 bits per heavy atom. The summed E-state index contributed by atoms with van der Waals surface area (Å²) in [5.41, 5.74) is 0.393. The van der Waals surface area contributed by atoms with Crippen molar-refractivity contribution in [3.05, 3.63) is 59.7 Å². The number of rotatable bonds is 7. The summed E-state index contributed by atoms with van der Waals surface area (Å²) < 4.78 is 45.3. The summed E-state index contributed by atoms with van der Waals surface area (Å²) in [5, 5.41) is 8.90. The average molecular weight is 349 g/mol. The molecular formula is C16H16FN3O3S. The van der Waals surface area contributed by atoms with Gasteiger partial charge in [-0.1, -0.05) is 6.07 Å². The first-order valence-corrected chi connectivity index (χ1v) is 8.50. The Morgan fingerprint density at radius 3 is 2.79 bits per heavy atom. The van der Waals surface area contributed by atoms with Gasteiger partial charge in [0.15, 0.2) is 0 Å². The van der Waals surface area contributed by atoms with E-state index in [9.17, 15) is 12.8 Å². The van der Waals surface area contributed by atoms with Crippen LogP contribution in [0.25, 0.3) is 0 Å². The van der Waals surface area contributed by atoms with Crippen molar-refractivity contribution in [1.82, 2.24) is 9.29 Å². The average Bonchev–Trinajstić information content (AvgIpc) is 2.59. The molecule has 0 amide bonds. The Hall–Kier alpha value is -2.34. The third kappa shape index (κ3) is 4.14. The lowest BCUT2D eigenvalue weighted by atomic mass is 10.2. The number of halogens is 1. The third-order valence-electron chi connectivity index (χ3n) is 3.32. The van der Waals surface area contributed by atoms with Crippen LogP contribution in [0.15, 0.2) is 47.6 Å². The number of ether oxygens (including phenoxy) is 1. The summed E-state index contributed by atoms with van der Waals surface area (Å²) >= 11 is 0. The molecule has 0 unspecified atom stereocenters. The van der Waals surface area contributed by atoms with E-state index in [1.54, 1.807) is 30.6 Å². The molecular weight excluding hydrogens is 333 g/mol. The van der Waals surface area contributed by atoms with Crippen LogP contribution in [-0.2, 0) is 21.3 Å². The number of nitrogens with zero attached hydrogens (tertiary/aromatic N) is 3. The monoisotopic (exact) mass is 349 g/mol. The number of nitriles is 1. The second kappa shape index (κ2) is 7.97. The molecule has 0 aliphatic rings. The number of hydrogen-bond acceptors (Lipinski definition) is 5. The van der Waals surface area contributed by atoms with E-state index in [1.807, 2.05) is 0 Å². The Morgan fingerprint density at radius 2 is 2.17 bits per heavy atom. The van der Waals surface area contributed by atoms with Crippen LogP contribution < -0.4 is 0 Å². The first kappa shape index (κ1) is 18.0. The highest BCUT2D eigenvalue weighted by atomic mass is 32.2. The van der Waals surface area contributed by atoms with Crippen molar-refractivity contribution in [2.45, 2.75) is 11.4 Å². The molecule has 126 valence electrons. The van der Waals surface area contributed by atoms with Crippen LogP contribution in [-0.4, -0.2) is 38.0 Å². The number of sulfonamides is 1. The molecule has 6 nitrogen and oxygen atoms in total. The summed E-state index contributed by atoms with van der Waals surface area (Å²) in [6.07, 6.45) is 3.16. The molecule has 0 saturated heterocycles. The molecule has 1 aromatic heterocycles. The predicted octanol–water partition coefficient (Wildman–Crippen LogP) is 1.93. The van der Waals surface area contributed by atoms with Gasteiger partial charge in [0, 0.05) is 32.6 Å². The fourth-order valence-corrected chi connectivity index (χ4v) is 3.51. The lowest BCUT2D eigenvalue weighted by molar-refractivity contribution is 0.177. The van der Waals surface area contributed by atoms with Crippen molar-refractivity contribution >= 4 is 10.0 Å². The van der Waals surface area contributed by atoms with Crippen LogP contribution in [0.1, 0.15) is 11.1 Å². The first-order valence-electron chi connectivity index (χ1n) is 7.06. The molecule has 1 aromatic carbocycles. The van der Waals surface area contributed by atoms with Gasteiger partial charge in [0.2, 0.25) is 10.0 Å². The zero-order chi connectivity index (χ0) is 17.6. The van der Waals surface area contributed by atoms with Crippen molar-refractivity contribution in [3.8, 4) is 6.07 Å². The summed E-state index contributed by atoms with van der Waals surface area (Å²) in [5.74, 6) is -0.757. The smallest absolute Gasteiger partial charge is 0.243 e. The highest BCUT2D eigenvalue weighted by Crippen LogP contribution is 2.20. The van der Waals surface area contributed by atoms with Crippen molar-refractivity contribution in [2.24, 2.45) is 0 Å². The van der Waals surface area contributed by atoms with E-state index in [1.165, 1.54) is 11.4 Å². The highest BCUT2D eigenvalue weighted by Gasteiger charge is 2.25. The van der Waals surface area contributed by atoms with Crippen LogP contribution in [0.2, 0.25) is 0 Å². The molecule has 0 radical (unpaired) electrons. The van der Waals surface area contributed by atoms with E-state index >= 15 is 0 Å². The molecule has 0 spiro atoms. The van der Waals surface area contributed by atoms with Crippen LogP contribution in [0, 0.1) is 17.1 Å². The standard InChI is InChI=1S/C16H16FN3O3S/c1-23-8-7-20(12-13-3-2-6-19-11-13)24(21,22)15-4-5-16(17)14(9-15)10-18/h2-6,9,11H,7-8,12H2,1H3. The fourth-order valence-electron chi connectivity index (χ4n) is 2.07. The number of aromatic nitrogens is 1. The molecule has 2 rings (SSSR count). The van der Waals surface area contributed by atoms with Crippen LogP contribution in [0.3, 0.4) is 0 Å². The lowest BCUT2D eigenvalue weighted by Crippen LogP contribution is -2.33. The number of methoxy groups -OCH3 is 1. The van der Waals surface area contributed by atoms with Crippen LogP contribution in [0.5, 0.6) is 0 Å². The largest absolute Gasteiger partial charge is 0.383 e. The third-order valence-corrected chi connectivity index (χ3v) is 5.16. The molecule has 0 aliphatic heterocycles. The van der Waals surface area contributed by atoms with E-state index in [4.69, 9.17) is 10.00 Å². The Labute approximate surface area is 140 Å². The van der Waals surface area contributed by atoms with E-state index in [0.29, 0.717) is 5.56 Å². The van der Waals surface area contributed by atoms with Crippen LogP contribution >= 0.6 is 0 Å². The van der Waals surface area contributed by atoms with Gasteiger partial charge < -0.3 is 4.74 Å². The SMILES string of the molecule is COCCN(Cc1cccnc1)S(=O)(=O)c1ccc(F)c(C#N)c1. The molecule has 0 atom stereocenters. The molecule has 0 N–H and O–H groups in total. The Kier molecular flexibility index (Phi) is 5.98. The molecule has 0 saturated carbocycles. The molecule has 0 fully saturated rings. The topological polar surface area (TPSA) is 83.3 Å². The molecule has 8 heteroatoms. The van der Waals surface area contributed by atoms with Gasteiger partial charge in [0.1, 0.15) is 11.9 Å². The molecule has 0 aliphatic carbocycles. The van der Waals surface area contributed by atoms with Gasteiger partial charge in [0.25, 0.3) is 0 Å². The summed E-state index contributed by atoms with van der Waals surface area (Å²) in [4.78, 5) is 3.83. The van der Waals surface area contributed by atoms with Gasteiger partial charge in [-0.3, -0.25) is 4.98 Å². The van der Waals surface area contributed by atoms with Gasteiger partial charge in [-0.05, 0) is 29.8 Å². The zero-order valence-electron chi connectivity index (χ0n) is 13.0. The van der Waals surface area contributed by atoms with Gasteiger partial charge in [0.05, 0.1) is 17.1 Å². The minimum Gasteiger partial charge on any atom is -0.383 e. The van der Waals surface area contributed by atoms with Crippen molar-refractivity contribution in [1.29, 1.82) is 5.26 Å². The van der Waals surface area contributed by atoms with Crippen molar-refractivity contribution in [3.63, 3.8) is 0 Å². The number of benzene rings is 1. The van der Waals surface area contributed by atoms with Gasteiger partial charge in [-0.25, -0.2) is 12.8 Å². The zero-order valence-corrected chi connectivity index (χ0v) is 13.8. The number of pyridine rings is 1. The predicted molar refractivity (Wildman–Crippen MR) is 84.8 cm³/mol. The van der Waals surface area contributed by atoms with Crippen molar-refractivity contribution in [2.75, 3.05) is 20.3 Å². The highest BCUT2D eigenvalue weighted by molar-refractivity contribution is 7.89. The first-order chi connectivity index (χ1) is 11.5. The maximum atomic E-state index is 13.4. The van der Waals surface area contributed by atoms with Gasteiger partial charge in [-0.15, -0.1) is 0 Å². The minimum atomic E-state index is -3.91. The second-order valence-electron chi connectivity index (χ2n) is 4.95. The molecule has 1 heterocycles. The van der Waals surface area contributed by atoms with Crippen molar-refractivity contribution < 1.29 is 17.5 Å². The van der Waals surface area contributed by atoms with E-state index < -0.39 is 15.8 Å². The van der Waals surface area contributed by atoms with Gasteiger partial charge >= 0.3 is 0 Å². The minimum absolute atomic E-state index is 0.0960. The summed E-state index contributed by atoms with van der Waals surface area (Å²) in [7, 11) is -2.44. The Balaban J connectivity index is 2.38. The molecule has 2 aromatic rings.